The lowest BCUT2D eigenvalue weighted by Crippen LogP contribution is -1.92. The van der Waals surface area contributed by atoms with Crippen molar-refractivity contribution in [1.82, 2.24) is 15.0 Å². The molecule has 0 aliphatic rings. The van der Waals surface area contributed by atoms with Crippen LogP contribution in [0.15, 0.2) is 48.9 Å². The Morgan fingerprint density at radius 3 is 2.78 bits per heavy atom. The van der Waals surface area contributed by atoms with Gasteiger partial charge >= 0.3 is 0 Å². The minimum atomic E-state index is 0.531. The first-order chi connectivity index (χ1) is 8.88. The molecule has 0 saturated heterocycles. The standard InChI is InChI=1S/C14H8N4/c15-8-12-7-10-3-2-6-17-14(10)18-13(12)11-4-1-5-16-9-11/h1-7,9H. The van der Waals surface area contributed by atoms with Gasteiger partial charge in [-0.2, -0.15) is 5.26 Å². The molecule has 3 heterocycles. The van der Waals surface area contributed by atoms with Crippen molar-refractivity contribution in [3.8, 4) is 17.3 Å². The van der Waals surface area contributed by atoms with Crippen LogP contribution in [0, 0.1) is 11.3 Å². The second kappa shape index (κ2) is 4.22. The van der Waals surface area contributed by atoms with Crippen molar-refractivity contribution in [1.29, 1.82) is 5.26 Å². The number of hydrogen-bond donors (Lipinski definition) is 0. The van der Waals surface area contributed by atoms with Crippen LogP contribution in [0.1, 0.15) is 5.56 Å². The molecule has 18 heavy (non-hydrogen) atoms. The van der Waals surface area contributed by atoms with Gasteiger partial charge in [0.2, 0.25) is 0 Å². The summed E-state index contributed by atoms with van der Waals surface area (Å²) in [7, 11) is 0. The molecule has 0 aliphatic heterocycles. The lowest BCUT2D eigenvalue weighted by Gasteiger charge is -2.04. The van der Waals surface area contributed by atoms with Gasteiger partial charge in [-0.1, -0.05) is 0 Å². The average Bonchev–Trinajstić information content (AvgIpc) is 2.46. The second-order valence-corrected chi connectivity index (χ2v) is 3.79. The molecule has 0 aliphatic carbocycles. The molecule has 3 aromatic heterocycles. The van der Waals surface area contributed by atoms with E-state index < -0.39 is 0 Å². The Bertz CT molecular complexity index is 745. The molecule has 0 amide bonds. The van der Waals surface area contributed by atoms with E-state index in [1.165, 1.54) is 0 Å². The number of rotatable bonds is 1. The van der Waals surface area contributed by atoms with Gasteiger partial charge in [-0.15, -0.1) is 0 Å². The molecular weight excluding hydrogens is 224 g/mol. The van der Waals surface area contributed by atoms with Gasteiger partial charge in [0.05, 0.1) is 11.3 Å². The summed E-state index contributed by atoms with van der Waals surface area (Å²) < 4.78 is 0. The molecule has 0 aromatic carbocycles. The monoisotopic (exact) mass is 232 g/mol. The van der Waals surface area contributed by atoms with Crippen molar-refractivity contribution in [2.24, 2.45) is 0 Å². The van der Waals surface area contributed by atoms with Gasteiger partial charge < -0.3 is 0 Å². The van der Waals surface area contributed by atoms with E-state index in [4.69, 9.17) is 0 Å². The first-order valence-electron chi connectivity index (χ1n) is 5.45. The van der Waals surface area contributed by atoms with Gasteiger partial charge in [-0.25, -0.2) is 9.97 Å². The number of fused-ring (bicyclic) bond motifs is 1. The largest absolute Gasteiger partial charge is 0.264 e. The van der Waals surface area contributed by atoms with Crippen molar-refractivity contribution in [3.63, 3.8) is 0 Å². The third kappa shape index (κ3) is 1.68. The molecule has 0 spiro atoms. The fraction of sp³-hybridized carbons (Fsp3) is 0. The Morgan fingerprint density at radius 2 is 2.00 bits per heavy atom. The van der Waals surface area contributed by atoms with Gasteiger partial charge in [-0.05, 0) is 30.3 Å². The Morgan fingerprint density at radius 1 is 1.11 bits per heavy atom. The van der Waals surface area contributed by atoms with Crippen molar-refractivity contribution in [2.75, 3.05) is 0 Å². The van der Waals surface area contributed by atoms with Gasteiger partial charge in [0.15, 0.2) is 5.65 Å². The number of hydrogen-bond acceptors (Lipinski definition) is 4. The zero-order valence-electron chi connectivity index (χ0n) is 9.41. The molecule has 3 rings (SSSR count). The maximum absolute atomic E-state index is 9.21. The average molecular weight is 232 g/mol. The van der Waals surface area contributed by atoms with Crippen molar-refractivity contribution in [2.45, 2.75) is 0 Å². The topological polar surface area (TPSA) is 62.5 Å². The smallest absolute Gasteiger partial charge is 0.159 e. The lowest BCUT2D eigenvalue weighted by molar-refractivity contribution is 1.25. The van der Waals surface area contributed by atoms with Crippen molar-refractivity contribution >= 4 is 11.0 Å². The predicted molar refractivity (Wildman–Crippen MR) is 67.5 cm³/mol. The van der Waals surface area contributed by atoms with E-state index in [9.17, 15) is 5.26 Å². The number of nitrogens with zero attached hydrogens (tertiary/aromatic N) is 4. The predicted octanol–water partition coefficient (Wildman–Crippen LogP) is 2.56. The minimum Gasteiger partial charge on any atom is -0.264 e. The minimum absolute atomic E-state index is 0.531. The summed E-state index contributed by atoms with van der Waals surface area (Å²) in [5.41, 5.74) is 2.61. The van der Waals surface area contributed by atoms with Gasteiger partial charge in [0.1, 0.15) is 6.07 Å². The summed E-state index contributed by atoms with van der Waals surface area (Å²) in [5, 5.41) is 10.1. The van der Waals surface area contributed by atoms with Crippen molar-refractivity contribution in [3.05, 3.63) is 54.5 Å². The number of nitriles is 1. The molecule has 0 N–H and O–H groups in total. The van der Waals surface area contributed by atoms with E-state index in [1.807, 2.05) is 24.3 Å². The Labute approximate surface area is 104 Å². The van der Waals surface area contributed by atoms with Gasteiger partial charge in [-0.3, -0.25) is 4.98 Å². The van der Waals surface area contributed by atoms with Crippen LogP contribution in [0.5, 0.6) is 0 Å². The summed E-state index contributed by atoms with van der Waals surface area (Å²) in [6.45, 7) is 0. The van der Waals surface area contributed by atoms with E-state index in [2.05, 4.69) is 21.0 Å². The molecule has 0 radical (unpaired) electrons. The Balaban J connectivity index is 2.32. The molecule has 84 valence electrons. The van der Waals surface area contributed by atoms with Crippen LogP contribution in [-0.2, 0) is 0 Å². The first-order valence-corrected chi connectivity index (χ1v) is 5.45. The van der Waals surface area contributed by atoms with Crippen LogP contribution in [0.2, 0.25) is 0 Å². The number of aromatic nitrogens is 3. The first kappa shape index (κ1) is 10.4. The third-order valence-corrected chi connectivity index (χ3v) is 2.64. The van der Waals surface area contributed by atoms with E-state index in [0.717, 1.165) is 10.9 Å². The molecule has 4 nitrogen and oxygen atoms in total. The summed E-state index contributed by atoms with van der Waals surface area (Å²) >= 11 is 0. The fourth-order valence-corrected chi connectivity index (χ4v) is 1.81. The molecule has 0 saturated carbocycles. The van der Waals surface area contributed by atoms with Gasteiger partial charge in [0, 0.05) is 29.5 Å². The Kier molecular flexibility index (Phi) is 2.43. The maximum Gasteiger partial charge on any atom is 0.159 e. The summed E-state index contributed by atoms with van der Waals surface area (Å²) in [5.74, 6) is 0. The molecule has 0 fully saturated rings. The van der Waals surface area contributed by atoms with Crippen molar-refractivity contribution < 1.29 is 0 Å². The lowest BCUT2D eigenvalue weighted by atomic mass is 10.1. The highest BCUT2D eigenvalue weighted by Gasteiger charge is 2.09. The van der Waals surface area contributed by atoms with Crippen LogP contribution in [-0.4, -0.2) is 15.0 Å². The SMILES string of the molecule is N#Cc1cc2cccnc2nc1-c1cccnc1. The second-order valence-electron chi connectivity index (χ2n) is 3.79. The van der Waals surface area contributed by atoms with Crippen LogP contribution in [0.4, 0.5) is 0 Å². The number of pyridine rings is 3. The summed E-state index contributed by atoms with van der Waals surface area (Å²) in [6, 6.07) is 11.4. The Hall–Kier alpha value is -2.80. The van der Waals surface area contributed by atoms with E-state index in [1.54, 1.807) is 24.7 Å². The van der Waals surface area contributed by atoms with Crippen LogP contribution >= 0.6 is 0 Å². The third-order valence-electron chi connectivity index (χ3n) is 2.64. The van der Waals surface area contributed by atoms with E-state index in [-0.39, 0.29) is 0 Å². The highest BCUT2D eigenvalue weighted by molar-refractivity contribution is 5.81. The van der Waals surface area contributed by atoms with Crippen LogP contribution in [0.25, 0.3) is 22.3 Å². The van der Waals surface area contributed by atoms with Crippen LogP contribution < -0.4 is 0 Å². The van der Waals surface area contributed by atoms with E-state index in [0.29, 0.717) is 16.9 Å². The molecule has 0 unspecified atom stereocenters. The highest BCUT2D eigenvalue weighted by atomic mass is 14.8. The molecule has 3 aromatic rings. The molecule has 0 atom stereocenters. The fourth-order valence-electron chi connectivity index (χ4n) is 1.81. The summed E-state index contributed by atoms with van der Waals surface area (Å²) in [6.07, 6.45) is 5.07. The highest BCUT2D eigenvalue weighted by Crippen LogP contribution is 2.23. The van der Waals surface area contributed by atoms with Gasteiger partial charge in [0.25, 0.3) is 0 Å². The molecule has 0 bridgehead atoms. The maximum atomic E-state index is 9.21. The zero-order chi connectivity index (χ0) is 12.4. The molecule has 4 heteroatoms. The normalized spacial score (nSPS) is 10.2. The quantitative estimate of drug-likeness (QED) is 0.646. The van der Waals surface area contributed by atoms with E-state index >= 15 is 0 Å². The summed E-state index contributed by atoms with van der Waals surface area (Å²) in [4.78, 5) is 12.7. The molecular formula is C14H8N4. The zero-order valence-corrected chi connectivity index (χ0v) is 9.41. The van der Waals surface area contributed by atoms with Crippen LogP contribution in [0.3, 0.4) is 0 Å².